The SMILES string of the molecule is Cl.Cn1c2c(c3cc(S(=O)(=O)c4ccccc4F)ccc31)C1CCC(C2)N1. The maximum atomic E-state index is 14.1. The van der Waals surface area contributed by atoms with Gasteiger partial charge in [0.2, 0.25) is 9.84 Å². The van der Waals surface area contributed by atoms with Gasteiger partial charge in [0.1, 0.15) is 10.7 Å². The number of benzene rings is 2. The van der Waals surface area contributed by atoms with Gasteiger partial charge >= 0.3 is 0 Å². The molecule has 3 heterocycles. The van der Waals surface area contributed by atoms with Crippen LogP contribution in [0.2, 0.25) is 0 Å². The van der Waals surface area contributed by atoms with Gasteiger partial charge in [0.05, 0.1) is 4.90 Å². The molecule has 1 N–H and O–H groups in total. The summed E-state index contributed by atoms with van der Waals surface area (Å²) in [7, 11) is -1.86. The predicted molar refractivity (Wildman–Crippen MR) is 105 cm³/mol. The first-order valence-electron chi connectivity index (χ1n) is 8.83. The number of sulfone groups is 1. The van der Waals surface area contributed by atoms with E-state index in [1.54, 1.807) is 18.2 Å². The van der Waals surface area contributed by atoms with Crippen molar-refractivity contribution in [2.75, 3.05) is 0 Å². The van der Waals surface area contributed by atoms with Crippen molar-refractivity contribution >= 4 is 33.1 Å². The Balaban J connectivity index is 0.00000180. The quantitative estimate of drug-likeness (QED) is 0.701. The summed E-state index contributed by atoms with van der Waals surface area (Å²) >= 11 is 0. The number of fused-ring (bicyclic) bond motifs is 6. The van der Waals surface area contributed by atoms with Crippen LogP contribution in [0.4, 0.5) is 4.39 Å². The molecule has 4 nitrogen and oxygen atoms in total. The molecule has 0 saturated carbocycles. The van der Waals surface area contributed by atoms with Crippen molar-refractivity contribution in [1.82, 2.24) is 9.88 Å². The molecule has 2 bridgehead atoms. The lowest BCUT2D eigenvalue weighted by atomic mass is 9.99. The number of aromatic nitrogens is 1. The van der Waals surface area contributed by atoms with Crippen LogP contribution in [0, 0.1) is 5.82 Å². The Bertz CT molecular complexity index is 1160. The van der Waals surface area contributed by atoms with Crippen molar-refractivity contribution in [3.63, 3.8) is 0 Å². The molecule has 1 saturated heterocycles. The van der Waals surface area contributed by atoms with Crippen molar-refractivity contribution in [1.29, 1.82) is 0 Å². The number of nitrogens with zero attached hydrogens (tertiary/aromatic N) is 1. The molecule has 7 heteroatoms. The highest BCUT2D eigenvalue weighted by molar-refractivity contribution is 7.91. The molecule has 1 fully saturated rings. The van der Waals surface area contributed by atoms with Gasteiger partial charge in [0, 0.05) is 42.1 Å². The van der Waals surface area contributed by atoms with Crippen LogP contribution in [-0.2, 0) is 23.3 Å². The van der Waals surface area contributed by atoms with E-state index in [9.17, 15) is 12.8 Å². The molecule has 2 aliphatic rings. The number of aryl methyl sites for hydroxylation is 1. The molecule has 2 atom stereocenters. The van der Waals surface area contributed by atoms with Crippen LogP contribution in [0.5, 0.6) is 0 Å². The molecular weight excluding hydrogens is 387 g/mol. The minimum absolute atomic E-state index is 0. The lowest BCUT2D eigenvalue weighted by Crippen LogP contribution is -2.32. The van der Waals surface area contributed by atoms with E-state index in [1.807, 2.05) is 13.1 Å². The second-order valence-electron chi connectivity index (χ2n) is 7.23. The second kappa shape index (κ2) is 6.33. The first-order valence-corrected chi connectivity index (χ1v) is 10.3. The smallest absolute Gasteiger partial charge is 0.209 e. The van der Waals surface area contributed by atoms with Gasteiger partial charge in [0.15, 0.2) is 0 Å². The third-order valence-electron chi connectivity index (χ3n) is 5.80. The van der Waals surface area contributed by atoms with E-state index in [0.717, 1.165) is 30.2 Å². The predicted octanol–water partition coefficient (Wildman–Crippen LogP) is 3.92. The van der Waals surface area contributed by atoms with Gasteiger partial charge in [-0.1, -0.05) is 12.1 Å². The van der Waals surface area contributed by atoms with Gasteiger partial charge < -0.3 is 9.88 Å². The molecule has 0 amide bonds. The Hall–Kier alpha value is -1.89. The van der Waals surface area contributed by atoms with E-state index in [2.05, 4.69) is 9.88 Å². The number of hydrogen-bond acceptors (Lipinski definition) is 3. The van der Waals surface area contributed by atoms with Crippen LogP contribution < -0.4 is 5.32 Å². The zero-order valence-corrected chi connectivity index (χ0v) is 16.4. The summed E-state index contributed by atoms with van der Waals surface area (Å²) in [5.41, 5.74) is 3.52. The van der Waals surface area contributed by atoms with Crippen LogP contribution in [0.3, 0.4) is 0 Å². The highest BCUT2D eigenvalue weighted by Crippen LogP contribution is 2.42. The molecule has 1 aromatic heterocycles. The van der Waals surface area contributed by atoms with E-state index in [0.29, 0.717) is 6.04 Å². The summed E-state index contributed by atoms with van der Waals surface area (Å²) < 4.78 is 42.2. The van der Waals surface area contributed by atoms with E-state index in [4.69, 9.17) is 0 Å². The van der Waals surface area contributed by atoms with Gasteiger partial charge in [-0.15, -0.1) is 12.4 Å². The Kier molecular flexibility index (Phi) is 4.33. The third-order valence-corrected chi connectivity index (χ3v) is 7.59. The topological polar surface area (TPSA) is 51.1 Å². The van der Waals surface area contributed by atoms with Gasteiger partial charge in [0.25, 0.3) is 0 Å². The van der Waals surface area contributed by atoms with E-state index in [1.165, 1.54) is 29.5 Å². The first-order chi connectivity index (χ1) is 12.5. The lowest BCUT2D eigenvalue weighted by molar-refractivity contribution is 0.503. The van der Waals surface area contributed by atoms with Gasteiger partial charge in [-0.3, -0.25) is 0 Å². The average Bonchev–Trinajstić information content (AvgIpc) is 3.14. The molecule has 2 aromatic carbocycles. The Labute approximate surface area is 163 Å². The Morgan fingerprint density at radius 3 is 2.70 bits per heavy atom. The van der Waals surface area contributed by atoms with Gasteiger partial charge in [-0.2, -0.15) is 0 Å². The molecule has 0 spiro atoms. The lowest BCUT2D eigenvalue weighted by Gasteiger charge is -2.23. The van der Waals surface area contributed by atoms with Crippen LogP contribution in [0.1, 0.15) is 30.1 Å². The van der Waals surface area contributed by atoms with E-state index >= 15 is 0 Å². The summed E-state index contributed by atoms with van der Waals surface area (Å²) in [6.07, 6.45) is 3.18. The van der Waals surface area contributed by atoms with Crippen molar-refractivity contribution < 1.29 is 12.8 Å². The fourth-order valence-corrected chi connectivity index (χ4v) is 5.90. The summed E-state index contributed by atoms with van der Waals surface area (Å²) in [6.45, 7) is 0. The third kappa shape index (κ3) is 2.62. The second-order valence-corrected chi connectivity index (χ2v) is 9.15. The maximum Gasteiger partial charge on any atom is 0.209 e. The molecular formula is C20H20ClFN2O2S. The average molecular weight is 407 g/mol. The molecule has 27 heavy (non-hydrogen) atoms. The van der Waals surface area contributed by atoms with E-state index < -0.39 is 15.7 Å². The van der Waals surface area contributed by atoms with Crippen LogP contribution in [-0.4, -0.2) is 19.0 Å². The fourth-order valence-electron chi connectivity index (χ4n) is 4.54. The van der Waals surface area contributed by atoms with Crippen LogP contribution in [0.15, 0.2) is 52.3 Å². The Morgan fingerprint density at radius 1 is 1.15 bits per heavy atom. The molecule has 2 aliphatic heterocycles. The maximum absolute atomic E-state index is 14.1. The summed E-state index contributed by atoms with van der Waals surface area (Å²) in [6, 6.07) is 11.5. The van der Waals surface area contributed by atoms with Crippen molar-refractivity contribution in [3.05, 3.63) is 59.5 Å². The minimum Gasteiger partial charge on any atom is -0.347 e. The normalized spacial score (nSPS) is 21.1. The first kappa shape index (κ1) is 18.5. The highest BCUT2D eigenvalue weighted by Gasteiger charge is 2.36. The summed E-state index contributed by atoms with van der Waals surface area (Å²) in [5.74, 6) is -0.719. The van der Waals surface area contributed by atoms with Crippen molar-refractivity contribution in [3.8, 4) is 0 Å². The number of hydrogen-bond donors (Lipinski definition) is 1. The molecule has 2 unspecified atom stereocenters. The largest absolute Gasteiger partial charge is 0.347 e. The summed E-state index contributed by atoms with van der Waals surface area (Å²) in [4.78, 5) is -0.133. The molecule has 0 aliphatic carbocycles. The van der Waals surface area contributed by atoms with Crippen LogP contribution in [0.25, 0.3) is 10.9 Å². The van der Waals surface area contributed by atoms with Gasteiger partial charge in [-0.25, -0.2) is 12.8 Å². The minimum atomic E-state index is -3.90. The monoisotopic (exact) mass is 406 g/mol. The van der Waals surface area contributed by atoms with E-state index in [-0.39, 0.29) is 28.2 Å². The van der Waals surface area contributed by atoms with Crippen molar-refractivity contribution in [2.24, 2.45) is 7.05 Å². The molecule has 142 valence electrons. The zero-order chi connectivity index (χ0) is 18.1. The standard InChI is InChI=1S/C20H19FN2O2S.ClH/c1-23-17-9-7-13(26(24,25)19-5-3-2-4-15(19)21)11-14(17)20-16-8-6-12(22-16)10-18(20)23;/h2-5,7,9,11-12,16,22H,6,8,10H2,1H3;1H. The number of rotatable bonds is 2. The highest BCUT2D eigenvalue weighted by atomic mass is 35.5. The summed E-state index contributed by atoms with van der Waals surface area (Å²) in [5, 5.41) is 4.58. The molecule has 0 radical (unpaired) electrons. The molecule has 5 rings (SSSR count). The van der Waals surface area contributed by atoms with Gasteiger partial charge in [-0.05, 0) is 48.7 Å². The molecule has 3 aromatic rings. The number of halogens is 2. The zero-order valence-electron chi connectivity index (χ0n) is 14.8. The van der Waals surface area contributed by atoms with Crippen LogP contribution >= 0.6 is 12.4 Å². The van der Waals surface area contributed by atoms with Crippen molar-refractivity contribution in [2.45, 2.75) is 41.1 Å². The number of nitrogens with one attached hydrogen (secondary N) is 1. The Morgan fingerprint density at radius 2 is 1.93 bits per heavy atom. The fraction of sp³-hybridized carbons (Fsp3) is 0.300.